The van der Waals surface area contributed by atoms with Gasteiger partial charge in [0.15, 0.2) is 0 Å². The summed E-state index contributed by atoms with van der Waals surface area (Å²) in [6.45, 7) is 7.82. The van der Waals surface area contributed by atoms with Crippen molar-refractivity contribution in [1.29, 1.82) is 0 Å². The van der Waals surface area contributed by atoms with Crippen molar-refractivity contribution in [2.45, 2.75) is 46.3 Å². The van der Waals surface area contributed by atoms with E-state index < -0.39 is 13.7 Å². The van der Waals surface area contributed by atoms with E-state index in [1.807, 2.05) is 64.1 Å². The van der Waals surface area contributed by atoms with Crippen LogP contribution in [0.2, 0.25) is 0 Å². The third-order valence-electron chi connectivity index (χ3n) is 5.40. The zero-order valence-electron chi connectivity index (χ0n) is 20.8. The Morgan fingerprint density at radius 1 is 0.657 bits per heavy atom. The normalized spacial score (nSPS) is 13.1. The molecule has 0 saturated heterocycles. The van der Waals surface area contributed by atoms with Crippen molar-refractivity contribution in [3.05, 3.63) is 96.6 Å². The number of hydrogen-bond donors (Lipinski definition) is 5. The van der Waals surface area contributed by atoms with Crippen LogP contribution in [-0.2, 0) is 0 Å². The van der Waals surface area contributed by atoms with Gasteiger partial charge in [-0.2, -0.15) is 0 Å². The van der Waals surface area contributed by atoms with Crippen LogP contribution in [-0.4, -0.2) is 43.3 Å². The van der Waals surface area contributed by atoms with Crippen LogP contribution in [0.1, 0.15) is 44.5 Å². The fourth-order valence-corrected chi connectivity index (χ4v) is 4.53. The molecule has 0 aliphatic heterocycles. The summed E-state index contributed by atoms with van der Waals surface area (Å²) >= 11 is 0. The SMILES string of the molecule is CC(C)C(O)CC(O)C(C)C.O=C(O)c1ccccc1.O[PH](O)(c1ccccc1)c1ccccc1. The average Bonchev–Trinajstić information content (AvgIpc) is 2.86. The molecule has 0 spiro atoms. The summed E-state index contributed by atoms with van der Waals surface area (Å²) in [5.41, 5.74) is 0.331. The van der Waals surface area contributed by atoms with Crippen molar-refractivity contribution >= 4 is 24.3 Å². The van der Waals surface area contributed by atoms with Crippen molar-refractivity contribution in [2.24, 2.45) is 11.8 Å². The van der Waals surface area contributed by atoms with E-state index >= 15 is 0 Å². The van der Waals surface area contributed by atoms with Gasteiger partial charge in [0.05, 0.1) is 17.8 Å². The van der Waals surface area contributed by atoms with E-state index in [9.17, 15) is 24.8 Å². The molecule has 0 aliphatic carbocycles. The first-order valence-corrected chi connectivity index (χ1v) is 13.6. The van der Waals surface area contributed by atoms with E-state index in [0.29, 0.717) is 22.6 Å². The summed E-state index contributed by atoms with van der Waals surface area (Å²) in [6, 6.07) is 26.3. The number of aromatic carboxylic acids is 1. The molecule has 0 amide bonds. The van der Waals surface area contributed by atoms with Crippen molar-refractivity contribution in [1.82, 2.24) is 0 Å². The molecule has 0 aromatic heterocycles. The molecule has 0 saturated carbocycles. The van der Waals surface area contributed by atoms with Gasteiger partial charge in [0.2, 0.25) is 0 Å². The van der Waals surface area contributed by atoms with Crippen LogP contribution in [0.4, 0.5) is 0 Å². The van der Waals surface area contributed by atoms with E-state index in [2.05, 4.69) is 0 Å². The molecule has 0 heterocycles. The summed E-state index contributed by atoms with van der Waals surface area (Å²) in [5, 5.41) is 28.4. The average molecular weight is 503 g/mol. The predicted molar refractivity (Wildman–Crippen MR) is 145 cm³/mol. The third kappa shape index (κ3) is 11.1. The Balaban J connectivity index is 0.000000273. The number of aliphatic hydroxyl groups excluding tert-OH is 2. The zero-order valence-corrected chi connectivity index (χ0v) is 21.8. The first-order chi connectivity index (χ1) is 16.5. The molecule has 6 nitrogen and oxygen atoms in total. The van der Waals surface area contributed by atoms with Crippen LogP contribution in [0, 0.1) is 11.8 Å². The Morgan fingerprint density at radius 2 is 0.971 bits per heavy atom. The number of aliphatic hydroxyl groups is 2. The quantitative estimate of drug-likeness (QED) is 0.312. The van der Waals surface area contributed by atoms with E-state index in [4.69, 9.17) is 5.11 Å². The Kier molecular flexibility index (Phi) is 13.4. The summed E-state index contributed by atoms with van der Waals surface area (Å²) < 4.78 is 0. The van der Waals surface area contributed by atoms with Crippen LogP contribution < -0.4 is 10.6 Å². The number of carboxylic acids is 1. The predicted octanol–water partition coefficient (Wildman–Crippen LogP) is 4.00. The molecule has 7 heteroatoms. The number of hydrogen-bond acceptors (Lipinski definition) is 5. The van der Waals surface area contributed by atoms with Crippen molar-refractivity contribution in [3.63, 3.8) is 0 Å². The Labute approximate surface area is 209 Å². The minimum absolute atomic E-state index is 0.239. The van der Waals surface area contributed by atoms with Crippen LogP contribution >= 0.6 is 7.72 Å². The van der Waals surface area contributed by atoms with Gasteiger partial charge in [-0.3, -0.25) is 0 Å². The standard InChI is InChI=1S/C12H13O2P.C9H20O2.C7H6O2/c13-15(14,11-7-3-1-4-8-11)12-9-5-2-6-10-12;1-6(2)8(10)5-9(11)7(3)4;8-7(9)6-4-2-1-3-5-6/h1-10,13-15H;6-11H,5H2,1-4H3;1-5H,(H,8,9). The van der Waals surface area contributed by atoms with Gasteiger partial charge in [-0.1, -0.05) is 45.9 Å². The van der Waals surface area contributed by atoms with Crippen LogP contribution in [0.5, 0.6) is 0 Å². The molecule has 3 aromatic carbocycles. The minimum atomic E-state index is -3.46. The van der Waals surface area contributed by atoms with Gasteiger partial charge in [0, 0.05) is 0 Å². The summed E-state index contributed by atoms with van der Waals surface area (Å²) in [7, 11) is -3.46. The second kappa shape index (κ2) is 15.4. The molecule has 0 aliphatic rings. The number of benzene rings is 3. The molecule has 3 aromatic rings. The molecular formula is C28H39O6P. The van der Waals surface area contributed by atoms with E-state index in [1.54, 1.807) is 54.6 Å². The van der Waals surface area contributed by atoms with Crippen LogP contribution in [0.25, 0.3) is 0 Å². The van der Waals surface area contributed by atoms with Crippen LogP contribution in [0.3, 0.4) is 0 Å². The Hall–Kier alpha value is -2.60. The Bertz CT molecular complexity index is 909. The first-order valence-electron chi connectivity index (χ1n) is 11.7. The summed E-state index contributed by atoms with van der Waals surface area (Å²) in [4.78, 5) is 30.5. The maximum atomic E-state index is 10.2. The third-order valence-corrected chi connectivity index (χ3v) is 7.67. The molecule has 0 fully saturated rings. The van der Waals surface area contributed by atoms with Crippen molar-refractivity contribution < 1.29 is 29.9 Å². The van der Waals surface area contributed by atoms with Gasteiger partial charge in [-0.15, -0.1) is 0 Å². The first kappa shape index (κ1) is 30.4. The maximum absolute atomic E-state index is 10.2. The molecule has 3 rings (SSSR count). The van der Waals surface area contributed by atoms with Gasteiger partial charge >= 0.3 is 94.7 Å². The molecular weight excluding hydrogens is 463 g/mol. The zero-order chi connectivity index (χ0) is 26.4. The number of carboxylic acid groups (broad SMARTS) is 1. The van der Waals surface area contributed by atoms with E-state index in [0.717, 1.165) is 0 Å². The second-order valence-corrected chi connectivity index (χ2v) is 11.4. The van der Waals surface area contributed by atoms with Crippen molar-refractivity contribution in [3.8, 4) is 0 Å². The van der Waals surface area contributed by atoms with Gasteiger partial charge in [-0.05, 0) is 30.4 Å². The molecule has 5 N–H and O–H groups in total. The summed E-state index contributed by atoms with van der Waals surface area (Å²) in [5.74, 6) is -0.401. The number of rotatable bonds is 7. The summed E-state index contributed by atoms with van der Waals surface area (Å²) in [6.07, 6.45) is -0.241. The van der Waals surface area contributed by atoms with Gasteiger partial charge in [0.1, 0.15) is 0 Å². The van der Waals surface area contributed by atoms with Gasteiger partial charge < -0.3 is 15.3 Å². The van der Waals surface area contributed by atoms with Gasteiger partial charge in [0.25, 0.3) is 0 Å². The molecule has 0 radical (unpaired) electrons. The molecule has 192 valence electrons. The molecule has 2 atom stereocenters. The van der Waals surface area contributed by atoms with Crippen LogP contribution in [0.15, 0.2) is 91.0 Å². The fourth-order valence-electron chi connectivity index (χ4n) is 2.88. The van der Waals surface area contributed by atoms with Gasteiger partial charge in [-0.25, -0.2) is 4.79 Å². The van der Waals surface area contributed by atoms with Crippen molar-refractivity contribution in [2.75, 3.05) is 0 Å². The topological polar surface area (TPSA) is 118 Å². The van der Waals surface area contributed by atoms with E-state index in [-0.39, 0.29) is 24.0 Å². The molecule has 0 bridgehead atoms. The van der Waals surface area contributed by atoms with E-state index in [1.165, 1.54) is 0 Å². The molecule has 2 unspecified atom stereocenters. The number of carbonyl (C=O) groups is 1. The second-order valence-electron chi connectivity index (χ2n) is 8.93. The molecule has 35 heavy (non-hydrogen) atoms. The Morgan fingerprint density at radius 3 is 1.23 bits per heavy atom. The monoisotopic (exact) mass is 502 g/mol. The fraction of sp³-hybridized carbons (Fsp3) is 0.321.